The third-order valence-corrected chi connectivity index (χ3v) is 8.06. The quantitative estimate of drug-likeness (QED) is 0.382. The highest BCUT2D eigenvalue weighted by Crippen LogP contribution is 2.46. The molecule has 2 heterocycles. The van der Waals surface area contributed by atoms with Crippen molar-refractivity contribution in [2.75, 3.05) is 24.6 Å². The van der Waals surface area contributed by atoms with E-state index in [0.29, 0.717) is 0 Å². The Morgan fingerprint density at radius 1 is 1.10 bits per heavy atom. The molecule has 1 amide bonds. The molecule has 1 aliphatic carbocycles. The number of anilines is 2. The first kappa shape index (κ1) is 28.5. The molecule has 2 aliphatic rings. The molecule has 1 saturated heterocycles. The molecule has 1 aliphatic heterocycles. The fourth-order valence-corrected chi connectivity index (χ4v) is 5.71. The van der Waals surface area contributed by atoms with Gasteiger partial charge in [0.1, 0.15) is 17.9 Å². The summed E-state index contributed by atoms with van der Waals surface area (Å²) in [6.45, 7) is 0.320. The number of hydrogen-bond donors (Lipinski definition) is 3. The van der Waals surface area contributed by atoms with Gasteiger partial charge in [0.2, 0.25) is 17.7 Å². The molecule has 0 radical (unpaired) electrons. The van der Waals surface area contributed by atoms with Gasteiger partial charge in [-0.3, -0.25) is 14.2 Å². The number of ether oxygens (including phenoxy) is 1. The van der Waals surface area contributed by atoms with Gasteiger partial charge in [-0.1, -0.05) is 30.3 Å². The normalized spacial score (nSPS) is 21.8. The lowest BCUT2D eigenvalue weighted by molar-refractivity contribution is -0.145. The summed E-state index contributed by atoms with van der Waals surface area (Å²) in [5, 5.41) is 11.3. The zero-order chi connectivity index (χ0) is 29.4. The lowest BCUT2D eigenvalue weighted by atomic mass is 9.73. The molecule has 12 heteroatoms. The molecule has 0 bridgehead atoms. The van der Waals surface area contributed by atoms with Crippen LogP contribution in [0.1, 0.15) is 43.6 Å². The number of piperidine rings is 1. The van der Waals surface area contributed by atoms with Crippen LogP contribution in [0.4, 0.5) is 24.5 Å². The second-order valence-electron chi connectivity index (χ2n) is 11.0. The van der Waals surface area contributed by atoms with Gasteiger partial charge < -0.3 is 26.2 Å². The molecule has 5 N–H and O–H groups in total. The number of hydrogen-bond acceptors (Lipinski definition) is 7. The van der Waals surface area contributed by atoms with Crippen LogP contribution >= 0.6 is 0 Å². The van der Waals surface area contributed by atoms with Gasteiger partial charge in [-0.05, 0) is 37.0 Å². The minimum Gasteiger partial charge on any atom is -0.437 e. The maximum Gasteiger partial charge on any atom is 0.280 e. The summed E-state index contributed by atoms with van der Waals surface area (Å²) in [5.41, 5.74) is 9.83. The van der Waals surface area contributed by atoms with Gasteiger partial charge in [-0.2, -0.15) is 0 Å². The summed E-state index contributed by atoms with van der Waals surface area (Å²) in [4.78, 5) is 32.1. The van der Waals surface area contributed by atoms with Gasteiger partial charge in [0, 0.05) is 43.8 Å². The summed E-state index contributed by atoms with van der Waals surface area (Å²) in [6, 6.07) is 12.6. The van der Waals surface area contributed by atoms with E-state index >= 15 is 0 Å². The van der Waals surface area contributed by atoms with Crippen molar-refractivity contribution in [1.29, 1.82) is 0 Å². The second-order valence-corrected chi connectivity index (χ2v) is 11.0. The topological polar surface area (TPSA) is 137 Å². The molecule has 9 nitrogen and oxygen atoms in total. The Morgan fingerprint density at radius 3 is 2.49 bits per heavy atom. The number of nitrogen functional groups attached to an aromatic ring is 2. The highest BCUT2D eigenvalue weighted by molar-refractivity contribution is 5.80. The SMILES string of the molecule is Nc1cc(Oc2ncn(CC3(O)CCN(C(=O)[C@@H]4CCC(F)(F)C[C@H]4c4ccccc4)CC3)c(=O)c2N)ccc1F. The van der Waals surface area contributed by atoms with E-state index in [0.717, 1.165) is 11.6 Å². The highest BCUT2D eigenvalue weighted by Gasteiger charge is 2.46. The number of benzene rings is 2. The van der Waals surface area contributed by atoms with Crippen LogP contribution in [0.2, 0.25) is 0 Å². The molecule has 1 aromatic heterocycles. The first-order valence-electron chi connectivity index (χ1n) is 13.5. The van der Waals surface area contributed by atoms with Gasteiger partial charge in [-0.25, -0.2) is 18.2 Å². The third kappa shape index (κ3) is 6.17. The van der Waals surface area contributed by atoms with Crippen LogP contribution < -0.4 is 21.8 Å². The fourth-order valence-electron chi connectivity index (χ4n) is 5.71. The smallest absolute Gasteiger partial charge is 0.280 e. The molecule has 218 valence electrons. The van der Waals surface area contributed by atoms with E-state index in [9.17, 15) is 27.9 Å². The van der Waals surface area contributed by atoms with Crippen LogP contribution in [-0.4, -0.2) is 50.1 Å². The van der Waals surface area contributed by atoms with Gasteiger partial charge in [-0.15, -0.1) is 0 Å². The maximum absolute atomic E-state index is 14.3. The molecule has 2 atom stereocenters. The van der Waals surface area contributed by atoms with E-state index < -0.39 is 34.7 Å². The van der Waals surface area contributed by atoms with Crippen molar-refractivity contribution < 1.29 is 27.8 Å². The molecule has 5 rings (SSSR count). The number of likely N-dealkylation sites (tertiary alicyclic amines) is 1. The molecule has 2 aromatic carbocycles. The minimum absolute atomic E-state index is 0.0887. The Hall–Kier alpha value is -4.06. The van der Waals surface area contributed by atoms with Crippen LogP contribution in [0.25, 0.3) is 0 Å². The lowest BCUT2D eigenvalue weighted by Crippen LogP contribution is -2.52. The second kappa shape index (κ2) is 11.1. The van der Waals surface area contributed by atoms with Gasteiger partial charge >= 0.3 is 0 Å². The number of rotatable bonds is 6. The number of nitrogens with zero attached hydrogens (tertiary/aromatic N) is 3. The fraction of sp³-hybridized carbons (Fsp3) is 0.414. The summed E-state index contributed by atoms with van der Waals surface area (Å²) in [7, 11) is 0. The van der Waals surface area contributed by atoms with E-state index in [1.165, 1.54) is 23.0 Å². The Kier molecular flexibility index (Phi) is 7.69. The molecular weight excluding hydrogens is 539 g/mol. The zero-order valence-electron chi connectivity index (χ0n) is 22.3. The van der Waals surface area contributed by atoms with Crippen molar-refractivity contribution >= 4 is 17.3 Å². The Morgan fingerprint density at radius 2 is 1.80 bits per heavy atom. The third-order valence-electron chi connectivity index (χ3n) is 8.06. The predicted molar refractivity (Wildman–Crippen MR) is 146 cm³/mol. The number of aliphatic hydroxyl groups is 1. The number of amides is 1. The number of nitrogens with two attached hydrogens (primary N) is 2. The highest BCUT2D eigenvalue weighted by atomic mass is 19.3. The van der Waals surface area contributed by atoms with E-state index in [-0.39, 0.29) is 80.6 Å². The van der Waals surface area contributed by atoms with Crippen LogP contribution in [0, 0.1) is 11.7 Å². The standard InChI is InChI=1S/C29H32F3N5O4/c30-22-7-6-19(14-23(22)33)41-25-24(34)27(39)37(17-35-25)16-28(40)10-12-36(13-11-28)26(38)20-8-9-29(31,32)15-21(20)18-4-2-1-3-5-18/h1-7,14,17,20-21,40H,8-13,15-16,33-34H2/t20-,21+/m1/s1. The van der Waals surface area contributed by atoms with Crippen LogP contribution in [0.15, 0.2) is 59.7 Å². The van der Waals surface area contributed by atoms with Gasteiger partial charge in [0.15, 0.2) is 5.69 Å². The van der Waals surface area contributed by atoms with Crippen LogP contribution in [0.5, 0.6) is 11.6 Å². The van der Waals surface area contributed by atoms with E-state index in [1.807, 2.05) is 6.07 Å². The molecule has 3 aromatic rings. The average Bonchev–Trinajstić information content (AvgIpc) is 2.95. The monoisotopic (exact) mass is 571 g/mol. The Balaban J connectivity index is 1.24. The molecule has 1 saturated carbocycles. The summed E-state index contributed by atoms with van der Waals surface area (Å²) in [6.07, 6.45) is 0.926. The minimum atomic E-state index is -2.82. The van der Waals surface area contributed by atoms with Crippen molar-refractivity contribution in [3.63, 3.8) is 0 Å². The van der Waals surface area contributed by atoms with E-state index in [4.69, 9.17) is 16.2 Å². The van der Waals surface area contributed by atoms with Gasteiger partial charge in [0.25, 0.3) is 5.56 Å². The predicted octanol–water partition coefficient (Wildman–Crippen LogP) is 3.91. The van der Waals surface area contributed by atoms with Gasteiger partial charge in [0.05, 0.1) is 17.8 Å². The summed E-state index contributed by atoms with van der Waals surface area (Å²) in [5.74, 6) is -4.83. The molecular formula is C29H32F3N5O4. The van der Waals surface area contributed by atoms with Crippen molar-refractivity contribution in [2.45, 2.75) is 56.1 Å². The number of aromatic nitrogens is 2. The van der Waals surface area contributed by atoms with E-state index in [2.05, 4.69) is 4.98 Å². The van der Waals surface area contributed by atoms with Crippen molar-refractivity contribution in [3.8, 4) is 11.6 Å². The Bertz CT molecular complexity index is 1480. The van der Waals surface area contributed by atoms with Crippen molar-refractivity contribution in [2.24, 2.45) is 5.92 Å². The number of carbonyl (C=O) groups is 1. The number of alkyl halides is 2. The lowest BCUT2D eigenvalue weighted by Gasteiger charge is -2.42. The van der Waals surface area contributed by atoms with Crippen molar-refractivity contribution in [3.05, 3.63) is 76.6 Å². The van der Waals surface area contributed by atoms with Crippen LogP contribution in [0.3, 0.4) is 0 Å². The Labute approximate surface area is 234 Å². The largest absolute Gasteiger partial charge is 0.437 e. The molecule has 2 fully saturated rings. The zero-order valence-corrected chi connectivity index (χ0v) is 22.3. The van der Waals surface area contributed by atoms with Crippen molar-refractivity contribution in [1.82, 2.24) is 14.5 Å². The molecule has 41 heavy (non-hydrogen) atoms. The van der Waals surface area contributed by atoms with E-state index in [1.54, 1.807) is 29.2 Å². The first-order chi connectivity index (χ1) is 19.4. The molecule has 0 spiro atoms. The van der Waals surface area contributed by atoms with Crippen LogP contribution in [-0.2, 0) is 11.3 Å². The first-order valence-corrected chi connectivity index (χ1v) is 13.5. The number of carbonyl (C=O) groups excluding carboxylic acids is 1. The summed E-state index contributed by atoms with van der Waals surface area (Å²) < 4.78 is 48.7. The number of halogens is 3. The summed E-state index contributed by atoms with van der Waals surface area (Å²) >= 11 is 0. The maximum atomic E-state index is 14.3. The molecule has 0 unspecified atom stereocenters. The average molecular weight is 572 g/mol.